The van der Waals surface area contributed by atoms with Crippen molar-refractivity contribution in [3.05, 3.63) is 35.9 Å². The van der Waals surface area contributed by atoms with E-state index < -0.39 is 5.54 Å². The zero-order valence-electron chi connectivity index (χ0n) is 12.0. The Bertz CT molecular complexity index is 946. The third kappa shape index (κ3) is 1.42. The van der Waals surface area contributed by atoms with E-state index in [-0.39, 0.29) is 23.6 Å². The van der Waals surface area contributed by atoms with Crippen molar-refractivity contribution in [2.24, 2.45) is 5.92 Å². The average Bonchev–Trinajstić information content (AvgIpc) is 2.73. The van der Waals surface area contributed by atoms with E-state index in [9.17, 15) is 14.4 Å². The molecule has 3 heterocycles. The summed E-state index contributed by atoms with van der Waals surface area (Å²) in [6, 6.07) is 9.33. The van der Waals surface area contributed by atoms with Crippen molar-refractivity contribution in [1.82, 2.24) is 5.32 Å². The van der Waals surface area contributed by atoms with E-state index in [0.717, 1.165) is 16.5 Å². The molecule has 6 rings (SSSR count). The summed E-state index contributed by atoms with van der Waals surface area (Å²) in [5.74, 6) is -0.954. The number of hydrogen-bond donors (Lipinski definition) is 2. The lowest BCUT2D eigenvalue weighted by Crippen LogP contribution is -2.74. The van der Waals surface area contributed by atoms with Gasteiger partial charge in [0.05, 0.1) is 11.3 Å². The van der Waals surface area contributed by atoms with Crippen LogP contribution in [0.3, 0.4) is 0 Å². The number of hydrogen-bond acceptors (Lipinski definition) is 4. The van der Waals surface area contributed by atoms with E-state index in [1.807, 2.05) is 24.3 Å². The van der Waals surface area contributed by atoms with Crippen LogP contribution in [0.25, 0.3) is 10.8 Å². The molecule has 3 fully saturated rings. The van der Waals surface area contributed by atoms with Gasteiger partial charge in [0.25, 0.3) is 11.8 Å². The Morgan fingerprint density at radius 2 is 1.96 bits per heavy atom. The highest BCUT2D eigenvalue weighted by atomic mass is 32.1. The van der Waals surface area contributed by atoms with Crippen molar-refractivity contribution in [3.8, 4) is 0 Å². The van der Waals surface area contributed by atoms with Crippen molar-refractivity contribution in [2.45, 2.75) is 23.3 Å². The predicted molar refractivity (Wildman–Crippen MR) is 86.6 cm³/mol. The molecule has 5 nitrogen and oxygen atoms in total. The van der Waals surface area contributed by atoms with Gasteiger partial charge in [0.2, 0.25) is 5.91 Å². The van der Waals surface area contributed by atoms with Gasteiger partial charge in [0.15, 0.2) is 0 Å². The molecule has 2 saturated heterocycles. The van der Waals surface area contributed by atoms with Crippen LogP contribution in [0.1, 0.15) is 23.2 Å². The lowest BCUT2D eigenvalue weighted by atomic mass is 9.63. The molecule has 0 radical (unpaired) electrons. The number of benzene rings is 2. The number of nitrogens with zero attached hydrogens (tertiary/aromatic N) is 1. The smallest absolute Gasteiger partial charge is 0.260 e. The number of thiol groups is 1. The van der Waals surface area contributed by atoms with Crippen molar-refractivity contribution >= 4 is 46.8 Å². The van der Waals surface area contributed by atoms with Gasteiger partial charge >= 0.3 is 0 Å². The fourth-order valence-electron chi connectivity index (χ4n) is 4.14. The third-order valence-corrected chi connectivity index (χ3v) is 5.50. The second-order valence-electron chi connectivity index (χ2n) is 6.46. The SMILES string of the molecule is O=C1NC(=O)C2(N3C(=O)c4cc(S)cc5cccc3c45)CC1C2. The fourth-order valence-corrected chi connectivity index (χ4v) is 4.41. The van der Waals surface area contributed by atoms with E-state index >= 15 is 0 Å². The molecule has 2 aromatic rings. The molecule has 23 heavy (non-hydrogen) atoms. The van der Waals surface area contributed by atoms with Gasteiger partial charge in [0.1, 0.15) is 5.54 Å². The van der Waals surface area contributed by atoms with Gasteiger partial charge in [-0.25, -0.2) is 0 Å². The summed E-state index contributed by atoms with van der Waals surface area (Å²) in [7, 11) is 0. The molecule has 1 saturated carbocycles. The summed E-state index contributed by atoms with van der Waals surface area (Å²) in [6.07, 6.45) is 0.809. The molecule has 0 spiro atoms. The molecule has 0 atom stereocenters. The molecule has 3 amide bonds. The van der Waals surface area contributed by atoms with Crippen LogP contribution in [0.15, 0.2) is 35.2 Å². The molecule has 0 unspecified atom stereocenters. The highest BCUT2D eigenvalue weighted by molar-refractivity contribution is 7.80. The van der Waals surface area contributed by atoms with Gasteiger partial charge in [0, 0.05) is 16.2 Å². The van der Waals surface area contributed by atoms with Crippen LogP contribution in [-0.2, 0) is 9.59 Å². The molecule has 114 valence electrons. The van der Waals surface area contributed by atoms with Crippen LogP contribution in [0, 0.1) is 5.92 Å². The Kier molecular flexibility index (Phi) is 2.25. The number of nitrogens with one attached hydrogen (secondary N) is 1. The van der Waals surface area contributed by atoms with Crippen LogP contribution < -0.4 is 10.2 Å². The highest BCUT2D eigenvalue weighted by Crippen LogP contribution is 2.52. The molecule has 3 aliphatic heterocycles. The summed E-state index contributed by atoms with van der Waals surface area (Å²) in [5, 5.41) is 4.19. The van der Waals surface area contributed by atoms with E-state index in [2.05, 4.69) is 17.9 Å². The summed E-state index contributed by atoms with van der Waals surface area (Å²) in [5.41, 5.74) is 0.393. The first-order valence-electron chi connectivity index (χ1n) is 7.47. The molecule has 1 aliphatic carbocycles. The van der Waals surface area contributed by atoms with Crippen LogP contribution in [0.5, 0.6) is 0 Å². The molecular weight excluding hydrogens is 312 g/mol. The van der Waals surface area contributed by atoms with Crippen molar-refractivity contribution < 1.29 is 14.4 Å². The predicted octanol–water partition coefficient (Wildman–Crippen LogP) is 1.89. The number of rotatable bonds is 1. The first kappa shape index (κ1) is 13.1. The van der Waals surface area contributed by atoms with Crippen molar-refractivity contribution in [1.29, 1.82) is 0 Å². The van der Waals surface area contributed by atoms with Crippen molar-refractivity contribution in [3.63, 3.8) is 0 Å². The maximum Gasteiger partial charge on any atom is 0.260 e. The van der Waals surface area contributed by atoms with Gasteiger partial charge in [-0.2, -0.15) is 0 Å². The summed E-state index contributed by atoms with van der Waals surface area (Å²) >= 11 is 4.37. The Morgan fingerprint density at radius 3 is 2.70 bits per heavy atom. The third-order valence-electron chi connectivity index (χ3n) is 5.24. The second kappa shape index (κ2) is 3.94. The van der Waals surface area contributed by atoms with Crippen LogP contribution in [-0.4, -0.2) is 23.3 Å². The maximum absolute atomic E-state index is 13.0. The van der Waals surface area contributed by atoms with Crippen LogP contribution in [0.2, 0.25) is 0 Å². The van der Waals surface area contributed by atoms with Crippen molar-refractivity contribution in [2.75, 3.05) is 4.90 Å². The lowest BCUT2D eigenvalue weighted by Gasteiger charge is -2.54. The van der Waals surface area contributed by atoms with E-state index in [1.165, 1.54) is 0 Å². The largest absolute Gasteiger partial charge is 0.294 e. The molecular formula is C17H12N2O3S. The fraction of sp³-hybridized carbons (Fsp3) is 0.235. The molecule has 4 aliphatic rings. The van der Waals surface area contributed by atoms with Gasteiger partial charge in [-0.1, -0.05) is 12.1 Å². The number of piperidine rings is 2. The molecule has 2 bridgehead atoms. The van der Waals surface area contributed by atoms with Gasteiger partial charge < -0.3 is 0 Å². The van der Waals surface area contributed by atoms with E-state index in [1.54, 1.807) is 11.0 Å². The standard InChI is InChI=1S/C17H12N2O3S/c20-14-9-6-17(7-9,16(22)18-14)19-12-3-1-2-8-4-10(23)5-11(13(8)12)15(19)21/h1-5,9,23H,6-7H2,(H,18,20,22). The number of imide groups is 1. The zero-order valence-corrected chi connectivity index (χ0v) is 12.9. The number of anilines is 1. The first-order valence-corrected chi connectivity index (χ1v) is 7.92. The summed E-state index contributed by atoms with van der Waals surface area (Å²) in [6.45, 7) is 0. The summed E-state index contributed by atoms with van der Waals surface area (Å²) in [4.78, 5) is 39.5. The first-order chi connectivity index (χ1) is 11.0. The highest BCUT2D eigenvalue weighted by Gasteiger charge is 2.63. The Balaban J connectivity index is 1.73. The Morgan fingerprint density at radius 1 is 1.17 bits per heavy atom. The molecule has 0 aromatic heterocycles. The van der Waals surface area contributed by atoms with E-state index in [0.29, 0.717) is 23.3 Å². The monoisotopic (exact) mass is 324 g/mol. The number of amides is 3. The minimum Gasteiger partial charge on any atom is -0.294 e. The maximum atomic E-state index is 13.0. The lowest BCUT2D eigenvalue weighted by molar-refractivity contribution is -0.150. The zero-order chi connectivity index (χ0) is 15.9. The summed E-state index contributed by atoms with van der Waals surface area (Å²) < 4.78 is 0. The van der Waals surface area contributed by atoms with Gasteiger partial charge in [-0.05, 0) is 36.4 Å². The van der Waals surface area contributed by atoms with Crippen LogP contribution >= 0.6 is 12.6 Å². The minimum absolute atomic E-state index is 0.177. The van der Waals surface area contributed by atoms with E-state index in [4.69, 9.17) is 0 Å². The Labute approximate surface area is 137 Å². The normalized spacial score (nSPS) is 28.1. The molecule has 2 aromatic carbocycles. The average molecular weight is 324 g/mol. The van der Waals surface area contributed by atoms with Gasteiger partial charge in [-0.15, -0.1) is 12.6 Å². The topological polar surface area (TPSA) is 66.5 Å². The minimum atomic E-state index is -0.931. The molecule has 1 N–H and O–H groups in total. The van der Waals surface area contributed by atoms with Gasteiger partial charge in [-0.3, -0.25) is 24.6 Å². The number of carbonyl (C=O) groups excluding carboxylic acids is 3. The number of carbonyl (C=O) groups is 3. The Hall–Kier alpha value is -2.34. The quantitative estimate of drug-likeness (QED) is 0.622. The van der Waals surface area contributed by atoms with Crippen LogP contribution in [0.4, 0.5) is 5.69 Å². The molecule has 6 heteroatoms. The second-order valence-corrected chi connectivity index (χ2v) is 6.98. The number of fused-ring (bicyclic) bond motifs is 2.